The van der Waals surface area contributed by atoms with E-state index in [1.807, 2.05) is 23.1 Å². The molecule has 5 nitrogen and oxygen atoms in total. The van der Waals surface area contributed by atoms with Crippen molar-refractivity contribution in [1.29, 1.82) is 0 Å². The lowest BCUT2D eigenvalue weighted by Crippen LogP contribution is -2.38. The van der Waals surface area contributed by atoms with Crippen LogP contribution in [-0.2, 0) is 0 Å². The zero-order chi connectivity index (χ0) is 13.1. The number of carbonyl (C=O) groups is 1. The Bertz CT molecular complexity index is 430. The largest absolute Gasteiger partial charge is 0.323 e. The summed E-state index contributed by atoms with van der Waals surface area (Å²) in [5.41, 5.74) is 0. The molecule has 5 heteroatoms. The number of amides is 2. The minimum absolute atomic E-state index is 0.0274. The van der Waals surface area contributed by atoms with Crippen molar-refractivity contribution in [3.63, 3.8) is 0 Å². The van der Waals surface area contributed by atoms with E-state index in [2.05, 4.69) is 15.2 Å². The van der Waals surface area contributed by atoms with Gasteiger partial charge in [0.15, 0.2) is 0 Å². The van der Waals surface area contributed by atoms with Crippen LogP contribution in [0.1, 0.15) is 19.3 Å². The van der Waals surface area contributed by atoms with Gasteiger partial charge < -0.3 is 4.90 Å². The van der Waals surface area contributed by atoms with Crippen LogP contribution in [0.15, 0.2) is 24.4 Å². The Labute approximate surface area is 113 Å². The highest BCUT2D eigenvalue weighted by molar-refractivity contribution is 5.88. The van der Waals surface area contributed by atoms with E-state index in [1.54, 1.807) is 6.20 Å². The molecule has 102 valence electrons. The summed E-state index contributed by atoms with van der Waals surface area (Å²) in [7, 11) is 0. The second kappa shape index (κ2) is 5.57. The Morgan fingerprint density at radius 2 is 2.11 bits per heavy atom. The summed E-state index contributed by atoms with van der Waals surface area (Å²) in [6.45, 7) is 4.08. The van der Waals surface area contributed by atoms with Crippen molar-refractivity contribution in [2.75, 3.05) is 31.5 Å². The zero-order valence-electron chi connectivity index (χ0n) is 11.1. The highest BCUT2D eigenvalue weighted by Gasteiger charge is 2.31. The van der Waals surface area contributed by atoms with E-state index in [4.69, 9.17) is 0 Å². The number of rotatable bonds is 2. The molecule has 1 unspecified atom stereocenters. The van der Waals surface area contributed by atoms with Crippen LogP contribution in [0, 0.1) is 0 Å². The topological polar surface area (TPSA) is 48.5 Å². The first-order valence-electron chi connectivity index (χ1n) is 7.04. The van der Waals surface area contributed by atoms with Crippen LogP contribution in [0.5, 0.6) is 0 Å². The molecule has 3 heterocycles. The van der Waals surface area contributed by atoms with E-state index >= 15 is 0 Å². The van der Waals surface area contributed by atoms with E-state index in [9.17, 15) is 4.79 Å². The van der Waals surface area contributed by atoms with Crippen LogP contribution >= 0.6 is 0 Å². The lowest BCUT2D eigenvalue weighted by atomic mass is 10.2. The molecule has 0 radical (unpaired) electrons. The van der Waals surface area contributed by atoms with E-state index in [1.165, 1.54) is 25.9 Å². The molecule has 2 fully saturated rings. The third-order valence-electron chi connectivity index (χ3n) is 4.01. The van der Waals surface area contributed by atoms with Gasteiger partial charge in [-0.1, -0.05) is 6.07 Å². The number of hydrogen-bond donors (Lipinski definition) is 1. The first-order valence-corrected chi connectivity index (χ1v) is 7.04. The standard InChI is InChI=1S/C14H20N4O/c19-14(16-13-5-1-2-7-15-13)18-10-6-12(11-18)17-8-3-4-9-17/h1-2,5,7,12H,3-4,6,8-11H2,(H,15,16,19). The molecule has 1 aromatic rings. The second-order valence-electron chi connectivity index (χ2n) is 5.28. The maximum atomic E-state index is 12.1. The van der Waals surface area contributed by atoms with Crippen LogP contribution in [0.3, 0.4) is 0 Å². The third kappa shape index (κ3) is 2.87. The van der Waals surface area contributed by atoms with Gasteiger partial charge in [0.25, 0.3) is 0 Å². The lowest BCUT2D eigenvalue weighted by Gasteiger charge is -2.23. The number of nitrogens with one attached hydrogen (secondary N) is 1. The Morgan fingerprint density at radius 1 is 1.26 bits per heavy atom. The predicted octanol–water partition coefficient (Wildman–Crippen LogP) is 1.78. The number of carbonyl (C=O) groups excluding carboxylic acids is 1. The molecule has 0 aliphatic carbocycles. The molecule has 2 saturated heterocycles. The predicted molar refractivity (Wildman–Crippen MR) is 74.0 cm³/mol. The summed E-state index contributed by atoms with van der Waals surface area (Å²) < 4.78 is 0. The summed E-state index contributed by atoms with van der Waals surface area (Å²) in [4.78, 5) is 20.7. The number of aromatic nitrogens is 1. The van der Waals surface area contributed by atoms with E-state index in [0.29, 0.717) is 11.9 Å². The Hall–Kier alpha value is -1.62. The fourth-order valence-electron chi connectivity index (χ4n) is 2.96. The molecule has 2 aliphatic rings. The van der Waals surface area contributed by atoms with Gasteiger partial charge in [-0.25, -0.2) is 9.78 Å². The van der Waals surface area contributed by atoms with Crippen molar-refractivity contribution in [3.05, 3.63) is 24.4 Å². The van der Waals surface area contributed by atoms with Crippen molar-refractivity contribution in [3.8, 4) is 0 Å². The summed E-state index contributed by atoms with van der Waals surface area (Å²) in [6.07, 6.45) is 5.38. The van der Waals surface area contributed by atoms with E-state index in [-0.39, 0.29) is 6.03 Å². The smallest absolute Gasteiger partial charge is 0.323 e. The third-order valence-corrected chi connectivity index (χ3v) is 4.01. The first kappa shape index (κ1) is 12.4. The minimum atomic E-state index is -0.0274. The van der Waals surface area contributed by atoms with Gasteiger partial charge in [0.05, 0.1) is 0 Å². The van der Waals surface area contributed by atoms with Crippen molar-refractivity contribution in [1.82, 2.24) is 14.8 Å². The van der Waals surface area contributed by atoms with Gasteiger partial charge in [0, 0.05) is 25.3 Å². The van der Waals surface area contributed by atoms with Gasteiger partial charge >= 0.3 is 6.03 Å². The molecule has 1 atom stereocenters. The number of likely N-dealkylation sites (tertiary alicyclic amines) is 2. The quantitative estimate of drug-likeness (QED) is 0.882. The molecule has 2 amide bonds. The van der Waals surface area contributed by atoms with Crippen LogP contribution in [0.2, 0.25) is 0 Å². The van der Waals surface area contributed by atoms with Crippen molar-refractivity contribution < 1.29 is 4.79 Å². The van der Waals surface area contributed by atoms with Crippen molar-refractivity contribution in [2.45, 2.75) is 25.3 Å². The van der Waals surface area contributed by atoms with Gasteiger partial charge in [-0.05, 0) is 44.5 Å². The summed E-state index contributed by atoms with van der Waals surface area (Å²) >= 11 is 0. The van der Waals surface area contributed by atoms with Crippen LogP contribution in [0.25, 0.3) is 0 Å². The number of pyridine rings is 1. The van der Waals surface area contributed by atoms with Crippen LogP contribution in [-0.4, -0.2) is 53.0 Å². The Kier molecular flexibility index (Phi) is 3.64. The lowest BCUT2D eigenvalue weighted by molar-refractivity contribution is 0.210. The molecule has 0 saturated carbocycles. The number of urea groups is 1. The second-order valence-corrected chi connectivity index (χ2v) is 5.28. The average Bonchev–Trinajstić information content (AvgIpc) is 3.11. The van der Waals surface area contributed by atoms with Crippen molar-refractivity contribution >= 4 is 11.8 Å². The van der Waals surface area contributed by atoms with Gasteiger partial charge in [-0.2, -0.15) is 0 Å². The maximum absolute atomic E-state index is 12.1. The summed E-state index contributed by atoms with van der Waals surface area (Å²) in [5.74, 6) is 0.622. The summed E-state index contributed by atoms with van der Waals surface area (Å²) in [5, 5.41) is 2.85. The number of hydrogen-bond acceptors (Lipinski definition) is 3. The highest BCUT2D eigenvalue weighted by atomic mass is 16.2. The van der Waals surface area contributed by atoms with Crippen LogP contribution in [0.4, 0.5) is 10.6 Å². The van der Waals surface area contributed by atoms with Gasteiger partial charge in [-0.15, -0.1) is 0 Å². The molecule has 19 heavy (non-hydrogen) atoms. The Balaban J connectivity index is 1.54. The molecule has 0 bridgehead atoms. The fourth-order valence-corrected chi connectivity index (χ4v) is 2.96. The molecule has 2 aliphatic heterocycles. The van der Waals surface area contributed by atoms with Gasteiger partial charge in [-0.3, -0.25) is 10.2 Å². The SMILES string of the molecule is O=C(Nc1ccccn1)N1CCC(N2CCCC2)C1. The van der Waals surface area contributed by atoms with E-state index in [0.717, 1.165) is 19.5 Å². The number of anilines is 1. The normalized spacial score (nSPS) is 23.8. The molecule has 0 aromatic carbocycles. The maximum Gasteiger partial charge on any atom is 0.323 e. The Morgan fingerprint density at radius 3 is 2.84 bits per heavy atom. The fraction of sp³-hybridized carbons (Fsp3) is 0.571. The highest BCUT2D eigenvalue weighted by Crippen LogP contribution is 2.20. The van der Waals surface area contributed by atoms with Crippen molar-refractivity contribution in [2.24, 2.45) is 0 Å². The molecule has 3 rings (SSSR count). The molecular weight excluding hydrogens is 240 g/mol. The van der Waals surface area contributed by atoms with Gasteiger partial charge in [0.1, 0.15) is 5.82 Å². The monoisotopic (exact) mass is 260 g/mol. The van der Waals surface area contributed by atoms with Gasteiger partial charge in [0.2, 0.25) is 0 Å². The van der Waals surface area contributed by atoms with Crippen LogP contribution < -0.4 is 5.32 Å². The van der Waals surface area contributed by atoms with E-state index < -0.39 is 0 Å². The molecule has 1 aromatic heterocycles. The number of nitrogens with zero attached hydrogens (tertiary/aromatic N) is 3. The minimum Gasteiger partial charge on any atom is -0.323 e. The molecule has 1 N–H and O–H groups in total. The molecular formula is C14H20N4O. The molecule has 0 spiro atoms. The first-order chi connectivity index (χ1) is 9.33. The average molecular weight is 260 g/mol. The summed E-state index contributed by atoms with van der Waals surface area (Å²) in [6, 6.07) is 6.05. The zero-order valence-corrected chi connectivity index (χ0v) is 11.1.